The number of hydrogen-bond donors (Lipinski definition) is 0. The molecule has 1 heterocycles. The van der Waals surface area contributed by atoms with Crippen molar-refractivity contribution in [2.45, 2.75) is 0 Å². The lowest BCUT2D eigenvalue weighted by Gasteiger charge is -1.91. The van der Waals surface area contributed by atoms with Gasteiger partial charge in [-0.25, -0.2) is 4.98 Å². The lowest BCUT2D eigenvalue weighted by molar-refractivity contribution is 1.27. The van der Waals surface area contributed by atoms with Crippen LogP contribution in [0.3, 0.4) is 0 Å². The average molecular weight is 270 g/mol. The van der Waals surface area contributed by atoms with Crippen LogP contribution in [0.5, 0.6) is 0 Å². The quantitative estimate of drug-likeness (QED) is 0.660. The zero-order chi connectivity index (χ0) is 6.85. The van der Waals surface area contributed by atoms with Crippen LogP contribution in [0.1, 0.15) is 0 Å². The van der Waals surface area contributed by atoms with Crippen molar-refractivity contribution in [1.29, 1.82) is 0 Å². The fourth-order valence-corrected chi connectivity index (χ4v) is 1.40. The molecule has 47 valence electrons. The summed E-state index contributed by atoms with van der Waals surface area (Å²) in [6.45, 7) is 0. The molecule has 0 aromatic carbocycles. The Hall–Kier alpha value is 0.400. The van der Waals surface area contributed by atoms with Crippen LogP contribution in [0, 0.1) is 6.20 Å². The van der Waals surface area contributed by atoms with Gasteiger partial charge < -0.3 is 0 Å². The van der Waals surface area contributed by atoms with E-state index in [0.717, 1.165) is 8.95 Å². The Morgan fingerprint density at radius 1 is 1.56 bits per heavy atom. The van der Waals surface area contributed by atoms with Crippen LogP contribution in [0.25, 0.3) is 0 Å². The number of nitrogens with zero attached hydrogens (tertiary/aromatic N) is 1. The van der Waals surface area contributed by atoms with Gasteiger partial charge >= 0.3 is 0 Å². The molecule has 0 aliphatic heterocycles. The monoisotopic (exact) mass is 268 g/mol. The van der Waals surface area contributed by atoms with Crippen LogP contribution in [0.15, 0.2) is 15.0 Å². The molecule has 0 N–H and O–H groups in total. The summed E-state index contributed by atoms with van der Waals surface area (Å²) < 4.78 is 1.56. The molecule has 0 bridgehead atoms. The van der Waals surface area contributed by atoms with E-state index >= 15 is 0 Å². The van der Waals surface area contributed by atoms with Crippen LogP contribution in [0.2, 0.25) is 5.15 Å². The van der Waals surface area contributed by atoms with E-state index in [2.05, 4.69) is 43.0 Å². The molecular weight excluding hydrogens is 269 g/mol. The summed E-state index contributed by atoms with van der Waals surface area (Å²) in [4.78, 5) is 3.72. The van der Waals surface area contributed by atoms with E-state index < -0.39 is 0 Å². The zero-order valence-corrected chi connectivity index (χ0v) is 8.09. The second-order valence-electron chi connectivity index (χ2n) is 1.35. The van der Waals surface area contributed by atoms with Crippen LogP contribution >= 0.6 is 43.5 Å². The predicted octanol–water partition coefficient (Wildman–Crippen LogP) is 3.06. The van der Waals surface area contributed by atoms with Crippen LogP contribution in [-0.4, -0.2) is 4.98 Å². The Morgan fingerprint density at radius 2 is 2.22 bits per heavy atom. The fraction of sp³-hybridized carbons (Fsp3) is 0. The van der Waals surface area contributed by atoms with Crippen molar-refractivity contribution < 1.29 is 0 Å². The highest BCUT2D eigenvalue weighted by Crippen LogP contribution is 2.22. The van der Waals surface area contributed by atoms with Gasteiger partial charge in [-0.05, 0) is 37.9 Å². The maximum atomic E-state index is 5.57. The Morgan fingerprint density at radius 3 is 2.67 bits per heavy atom. The first-order valence-corrected chi connectivity index (χ1v) is 4.06. The van der Waals surface area contributed by atoms with E-state index in [0.29, 0.717) is 5.15 Å². The van der Waals surface area contributed by atoms with E-state index in [9.17, 15) is 0 Å². The molecule has 0 saturated heterocycles. The molecule has 1 rings (SSSR count). The van der Waals surface area contributed by atoms with Gasteiger partial charge in [-0.3, -0.25) is 0 Å². The summed E-state index contributed by atoms with van der Waals surface area (Å²) >= 11 is 12.0. The highest BCUT2D eigenvalue weighted by molar-refractivity contribution is 9.11. The second-order valence-corrected chi connectivity index (χ2v) is 3.42. The minimum absolute atomic E-state index is 0.429. The van der Waals surface area contributed by atoms with Gasteiger partial charge in [0.15, 0.2) is 0 Å². The van der Waals surface area contributed by atoms with Gasteiger partial charge in [0.05, 0.1) is 4.47 Å². The standard InChI is InChI=1S/C5HBr2ClN/c6-3-1-4(7)5(8)9-2-3/h1H. The van der Waals surface area contributed by atoms with Gasteiger partial charge in [-0.1, -0.05) is 11.6 Å². The third kappa shape index (κ3) is 1.92. The molecule has 0 fully saturated rings. The number of hydrogen-bond acceptors (Lipinski definition) is 1. The first kappa shape index (κ1) is 7.51. The average Bonchev–Trinajstić information content (AvgIpc) is 1.80. The molecule has 0 unspecified atom stereocenters. The van der Waals surface area contributed by atoms with E-state index in [1.54, 1.807) is 6.07 Å². The van der Waals surface area contributed by atoms with Crippen LogP contribution in [0.4, 0.5) is 0 Å². The van der Waals surface area contributed by atoms with E-state index in [1.807, 2.05) is 0 Å². The van der Waals surface area contributed by atoms with Gasteiger partial charge in [-0.2, -0.15) is 0 Å². The summed E-state index contributed by atoms with van der Waals surface area (Å²) in [6.07, 6.45) is 2.65. The summed E-state index contributed by atoms with van der Waals surface area (Å²) in [5, 5.41) is 0.429. The molecule has 0 saturated carbocycles. The van der Waals surface area contributed by atoms with Crippen molar-refractivity contribution in [2.75, 3.05) is 0 Å². The van der Waals surface area contributed by atoms with Gasteiger partial charge in [0.25, 0.3) is 0 Å². The lowest BCUT2D eigenvalue weighted by Crippen LogP contribution is -1.75. The predicted molar refractivity (Wildman–Crippen MR) is 43.5 cm³/mol. The molecule has 0 amide bonds. The molecule has 1 radical (unpaired) electrons. The van der Waals surface area contributed by atoms with E-state index in [-0.39, 0.29) is 0 Å². The summed E-state index contributed by atoms with van der Waals surface area (Å²) in [5.74, 6) is 0. The molecule has 0 aliphatic carbocycles. The molecule has 4 heteroatoms. The molecule has 0 aliphatic rings. The highest BCUT2D eigenvalue weighted by atomic mass is 79.9. The largest absolute Gasteiger partial charge is 0.232 e. The maximum Gasteiger partial charge on any atom is 0.144 e. The van der Waals surface area contributed by atoms with Gasteiger partial charge in [0, 0.05) is 4.47 Å². The maximum absolute atomic E-state index is 5.57. The van der Waals surface area contributed by atoms with Gasteiger partial charge in [0.1, 0.15) is 11.3 Å². The van der Waals surface area contributed by atoms with Crippen LogP contribution < -0.4 is 0 Å². The fourth-order valence-electron chi connectivity index (χ4n) is 0.359. The summed E-state index contributed by atoms with van der Waals surface area (Å²) in [7, 11) is 0. The van der Waals surface area contributed by atoms with Crippen molar-refractivity contribution in [2.24, 2.45) is 0 Å². The number of halogens is 3. The van der Waals surface area contributed by atoms with Crippen molar-refractivity contribution >= 4 is 43.5 Å². The van der Waals surface area contributed by atoms with E-state index in [1.165, 1.54) is 0 Å². The van der Waals surface area contributed by atoms with Crippen molar-refractivity contribution in [3.63, 3.8) is 0 Å². The SMILES string of the molecule is Clc1n[c]c(Br)cc1Br. The van der Waals surface area contributed by atoms with Gasteiger partial charge in [-0.15, -0.1) is 0 Å². The Balaban J connectivity index is 3.17. The molecule has 1 nitrogen and oxygen atoms in total. The zero-order valence-electron chi connectivity index (χ0n) is 4.16. The van der Waals surface area contributed by atoms with Crippen molar-refractivity contribution in [3.8, 4) is 0 Å². The van der Waals surface area contributed by atoms with Crippen molar-refractivity contribution in [1.82, 2.24) is 4.98 Å². The summed E-state index contributed by atoms with van der Waals surface area (Å²) in [6, 6.07) is 1.79. The third-order valence-corrected chi connectivity index (χ3v) is 2.24. The van der Waals surface area contributed by atoms with E-state index in [4.69, 9.17) is 11.6 Å². The smallest absolute Gasteiger partial charge is 0.144 e. The lowest BCUT2D eigenvalue weighted by atomic mass is 10.5. The first-order chi connectivity index (χ1) is 4.20. The number of rotatable bonds is 0. The summed E-state index contributed by atoms with van der Waals surface area (Å²) in [5.41, 5.74) is 0. The minimum atomic E-state index is 0.429. The molecule has 1 aromatic heterocycles. The van der Waals surface area contributed by atoms with Crippen molar-refractivity contribution in [3.05, 3.63) is 26.4 Å². The Labute approximate surface area is 74.7 Å². The molecule has 0 atom stereocenters. The normalized spacial score (nSPS) is 9.67. The second kappa shape index (κ2) is 2.99. The van der Waals surface area contributed by atoms with Crippen LogP contribution in [-0.2, 0) is 0 Å². The number of pyridine rings is 1. The third-order valence-electron chi connectivity index (χ3n) is 0.711. The van der Waals surface area contributed by atoms with Gasteiger partial charge in [0.2, 0.25) is 0 Å². The molecular formula is C5HBr2ClN. The Bertz CT molecular complexity index is 226. The number of aromatic nitrogens is 1. The molecule has 0 spiro atoms. The topological polar surface area (TPSA) is 12.9 Å². The first-order valence-electron chi connectivity index (χ1n) is 2.09. The Kier molecular flexibility index (Phi) is 2.50. The molecule has 9 heavy (non-hydrogen) atoms. The molecule has 1 aromatic rings. The minimum Gasteiger partial charge on any atom is -0.232 e. The highest BCUT2D eigenvalue weighted by Gasteiger charge is 1.96.